The molecule has 3 heterocycles. The number of hydrogen-bond acceptors (Lipinski definition) is 5. The van der Waals surface area contributed by atoms with Crippen molar-refractivity contribution in [3.8, 4) is 0 Å². The van der Waals surface area contributed by atoms with Crippen LogP contribution in [0.4, 0.5) is 0 Å². The minimum absolute atomic E-state index is 0.0590. The van der Waals surface area contributed by atoms with Gasteiger partial charge < -0.3 is 10.2 Å². The lowest BCUT2D eigenvalue weighted by Gasteiger charge is -2.36. The number of H-pyrrole nitrogens is 1. The molecule has 144 valence electrons. The monoisotopic (exact) mass is 379 g/mol. The van der Waals surface area contributed by atoms with E-state index in [2.05, 4.69) is 15.4 Å². The van der Waals surface area contributed by atoms with Crippen molar-refractivity contribution in [1.82, 2.24) is 25.0 Å². The van der Waals surface area contributed by atoms with E-state index in [1.54, 1.807) is 36.7 Å². The van der Waals surface area contributed by atoms with Gasteiger partial charge in [0.05, 0.1) is 23.4 Å². The average molecular weight is 379 g/mol. The molecule has 1 unspecified atom stereocenters. The van der Waals surface area contributed by atoms with Crippen LogP contribution in [0.15, 0.2) is 58.4 Å². The molecule has 1 aromatic carbocycles. The Morgan fingerprint density at radius 3 is 2.75 bits per heavy atom. The maximum Gasteiger partial charge on any atom is 0.273 e. The molecule has 4 rings (SSSR count). The Bertz CT molecular complexity index is 1110. The molecule has 8 heteroatoms. The van der Waals surface area contributed by atoms with E-state index in [0.717, 1.165) is 12.1 Å². The SMILES string of the molecule is O=C(CCn1[nH]c(=O)c2ccccc2c1=O)N1CCNCC1c1cccnc1. The van der Waals surface area contributed by atoms with Crippen LogP contribution in [-0.2, 0) is 11.3 Å². The molecule has 0 radical (unpaired) electrons. The molecule has 3 aromatic rings. The summed E-state index contributed by atoms with van der Waals surface area (Å²) in [5, 5.41) is 6.59. The lowest BCUT2D eigenvalue weighted by molar-refractivity contribution is -0.134. The van der Waals surface area contributed by atoms with E-state index in [4.69, 9.17) is 0 Å². The minimum atomic E-state index is -0.335. The van der Waals surface area contributed by atoms with Gasteiger partial charge in [0.2, 0.25) is 5.91 Å². The van der Waals surface area contributed by atoms with Gasteiger partial charge in [0, 0.05) is 38.4 Å². The third-order valence-corrected chi connectivity index (χ3v) is 5.07. The first-order chi connectivity index (χ1) is 13.6. The summed E-state index contributed by atoms with van der Waals surface area (Å²) >= 11 is 0. The minimum Gasteiger partial charge on any atom is -0.333 e. The lowest BCUT2D eigenvalue weighted by Crippen LogP contribution is -2.49. The zero-order chi connectivity index (χ0) is 19.5. The van der Waals surface area contributed by atoms with Crippen molar-refractivity contribution in [1.29, 1.82) is 0 Å². The molecule has 1 saturated heterocycles. The first-order valence-electron chi connectivity index (χ1n) is 9.27. The Hall–Kier alpha value is -3.26. The van der Waals surface area contributed by atoms with Gasteiger partial charge in [-0.1, -0.05) is 18.2 Å². The number of benzene rings is 1. The van der Waals surface area contributed by atoms with E-state index in [-0.39, 0.29) is 36.0 Å². The summed E-state index contributed by atoms with van der Waals surface area (Å²) < 4.78 is 1.23. The zero-order valence-electron chi connectivity index (χ0n) is 15.3. The van der Waals surface area contributed by atoms with Crippen LogP contribution in [0.5, 0.6) is 0 Å². The summed E-state index contributed by atoms with van der Waals surface area (Å²) in [7, 11) is 0. The highest BCUT2D eigenvalue weighted by molar-refractivity contribution is 5.80. The molecule has 1 atom stereocenters. The third-order valence-electron chi connectivity index (χ3n) is 5.07. The highest BCUT2D eigenvalue weighted by Gasteiger charge is 2.27. The number of piperazine rings is 1. The van der Waals surface area contributed by atoms with Gasteiger partial charge >= 0.3 is 0 Å². The molecule has 0 bridgehead atoms. The van der Waals surface area contributed by atoms with Crippen molar-refractivity contribution in [2.75, 3.05) is 19.6 Å². The highest BCUT2D eigenvalue weighted by Crippen LogP contribution is 2.22. The van der Waals surface area contributed by atoms with Gasteiger partial charge in [0.15, 0.2) is 0 Å². The van der Waals surface area contributed by atoms with Crippen LogP contribution in [0.1, 0.15) is 18.0 Å². The van der Waals surface area contributed by atoms with Gasteiger partial charge in [0.1, 0.15) is 0 Å². The standard InChI is InChI=1S/C20H21N5O3/c26-18(24-11-9-22-13-17(24)14-4-3-8-21-12-14)7-10-25-20(28)16-6-2-1-5-15(16)19(27)23-25/h1-6,8,12,17,22H,7,9-11,13H2,(H,23,27). The number of fused-ring (bicyclic) bond motifs is 1. The highest BCUT2D eigenvalue weighted by atomic mass is 16.2. The fourth-order valence-corrected chi connectivity index (χ4v) is 3.63. The molecule has 28 heavy (non-hydrogen) atoms. The molecular weight excluding hydrogens is 358 g/mol. The lowest BCUT2D eigenvalue weighted by atomic mass is 10.0. The number of aryl methyl sites for hydroxylation is 1. The van der Waals surface area contributed by atoms with Crippen LogP contribution in [0, 0.1) is 0 Å². The first-order valence-corrected chi connectivity index (χ1v) is 9.27. The van der Waals surface area contributed by atoms with Crippen molar-refractivity contribution >= 4 is 16.7 Å². The quantitative estimate of drug-likeness (QED) is 0.693. The van der Waals surface area contributed by atoms with Crippen LogP contribution in [0.25, 0.3) is 10.8 Å². The van der Waals surface area contributed by atoms with Gasteiger partial charge in [0.25, 0.3) is 11.1 Å². The van der Waals surface area contributed by atoms with Crippen LogP contribution in [-0.4, -0.2) is 45.2 Å². The second-order valence-corrected chi connectivity index (χ2v) is 6.79. The fraction of sp³-hybridized carbons (Fsp3) is 0.300. The average Bonchev–Trinajstić information content (AvgIpc) is 2.75. The number of pyridine rings is 1. The Morgan fingerprint density at radius 1 is 1.14 bits per heavy atom. The normalized spacial score (nSPS) is 17.0. The third kappa shape index (κ3) is 3.46. The van der Waals surface area contributed by atoms with Crippen LogP contribution < -0.4 is 16.4 Å². The Labute approximate surface area is 160 Å². The van der Waals surface area contributed by atoms with Gasteiger partial charge in [-0.25, -0.2) is 4.68 Å². The van der Waals surface area contributed by atoms with Crippen LogP contribution >= 0.6 is 0 Å². The number of aromatic amines is 1. The maximum atomic E-state index is 12.9. The summed E-state index contributed by atoms with van der Waals surface area (Å²) in [6.07, 6.45) is 3.60. The van der Waals surface area contributed by atoms with Crippen molar-refractivity contribution < 1.29 is 4.79 Å². The molecular formula is C20H21N5O3. The summed E-state index contributed by atoms with van der Waals surface area (Å²) in [6.45, 7) is 2.09. The second kappa shape index (κ2) is 7.77. The molecule has 1 aliphatic heterocycles. The summed E-state index contributed by atoms with van der Waals surface area (Å²) in [4.78, 5) is 43.7. The predicted octanol–water partition coefficient (Wildman–Crippen LogP) is 0.648. The molecule has 0 spiro atoms. The predicted molar refractivity (Wildman–Crippen MR) is 105 cm³/mol. The Morgan fingerprint density at radius 2 is 1.96 bits per heavy atom. The topological polar surface area (TPSA) is 100 Å². The van der Waals surface area contributed by atoms with Crippen molar-refractivity contribution in [2.45, 2.75) is 19.0 Å². The number of carbonyl (C=O) groups excluding carboxylic acids is 1. The van der Waals surface area contributed by atoms with Crippen LogP contribution in [0.2, 0.25) is 0 Å². The molecule has 2 aromatic heterocycles. The Balaban J connectivity index is 1.54. The van der Waals surface area contributed by atoms with E-state index in [1.807, 2.05) is 17.0 Å². The van der Waals surface area contributed by atoms with Gasteiger partial charge in [-0.05, 0) is 23.8 Å². The number of nitrogens with one attached hydrogen (secondary N) is 2. The fourth-order valence-electron chi connectivity index (χ4n) is 3.63. The zero-order valence-corrected chi connectivity index (χ0v) is 15.3. The summed E-state index contributed by atoms with van der Waals surface area (Å²) in [6, 6.07) is 10.4. The molecule has 1 aliphatic rings. The van der Waals surface area contributed by atoms with Gasteiger partial charge in [-0.2, -0.15) is 0 Å². The van der Waals surface area contributed by atoms with Gasteiger partial charge in [-0.15, -0.1) is 0 Å². The Kier molecular flexibility index (Phi) is 5.03. The summed E-state index contributed by atoms with van der Waals surface area (Å²) in [5.74, 6) is -0.0590. The molecule has 0 aliphatic carbocycles. The largest absolute Gasteiger partial charge is 0.333 e. The van der Waals surface area contributed by atoms with E-state index in [1.165, 1.54) is 4.68 Å². The number of rotatable bonds is 4. The number of carbonyl (C=O) groups is 1. The van der Waals surface area contributed by atoms with Crippen molar-refractivity contribution in [3.63, 3.8) is 0 Å². The van der Waals surface area contributed by atoms with E-state index >= 15 is 0 Å². The van der Waals surface area contributed by atoms with E-state index in [9.17, 15) is 14.4 Å². The molecule has 0 saturated carbocycles. The van der Waals surface area contributed by atoms with Crippen molar-refractivity contribution in [2.24, 2.45) is 0 Å². The molecule has 1 fully saturated rings. The molecule has 8 nitrogen and oxygen atoms in total. The first kappa shape index (κ1) is 18.1. The number of nitrogens with zero attached hydrogens (tertiary/aromatic N) is 3. The van der Waals surface area contributed by atoms with Crippen LogP contribution in [0.3, 0.4) is 0 Å². The van der Waals surface area contributed by atoms with Crippen molar-refractivity contribution in [3.05, 3.63) is 75.1 Å². The van der Waals surface area contributed by atoms with Gasteiger partial charge in [-0.3, -0.25) is 24.5 Å². The number of aromatic nitrogens is 3. The molecule has 2 N–H and O–H groups in total. The van der Waals surface area contributed by atoms with E-state index < -0.39 is 0 Å². The summed E-state index contributed by atoms with van der Waals surface area (Å²) in [5.41, 5.74) is 0.338. The smallest absolute Gasteiger partial charge is 0.273 e. The molecule has 1 amide bonds. The maximum absolute atomic E-state index is 12.9. The van der Waals surface area contributed by atoms with E-state index in [0.29, 0.717) is 23.9 Å². The number of amides is 1. The number of hydrogen-bond donors (Lipinski definition) is 2. The second-order valence-electron chi connectivity index (χ2n) is 6.79.